The standard InChI is InChI=1S/C20H26FN3O.HI/c1-16(18-7-4-3-5-8-18)25-14-6-13-23-20(22-2)24-15-17-9-11-19(21)12-10-17;/h3-5,7-12,16H,6,13-15H2,1-2H3,(H2,22,23,24);1H. The highest BCUT2D eigenvalue weighted by atomic mass is 127. The molecule has 0 fully saturated rings. The third-order valence-corrected chi connectivity index (χ3v) is 3.85. The Morgan fingerprint density at radius 3 is 2.42 bits per heavy atom. The van der Waals surface area contributed by atoms with Crippen LogP contribution in [0, 0.1) is 5.82 Å². The number of hydrogen-bond donors (Lipinski definition) is 2. The van der Waals surface area contributed by atoms with Gasteiger partial charge in [-0.2, -0.15) is 0 Å². The lowest BCUT2D eigenvalue weighted by molar-refractivity contribution is 0.0646. The van der Waals surface area contributed by atoms with Gasteiger partial charge >= 0.3 is 0 Å². The summed E-state index contributed by atoms with van der Waals surface area (Å²) >= 11 is 0. The van der Waals surface area contributed by atoms with E-state index in [4.69, 9.17) is 4.74 Å². The second kappa shape index (κ2) is 12.6. The van der Waals surface area contributed by atoms with Crippen molar-refractivity contribution in [1.29, 1.82) is 0 Å². The number of benzene rings is 2. The fourth-order valence-corrected chi connectivity index (χ4v) is 2.37. The third-order valence-electron chi connectivity index (χ3n) is 3.85. The van der Waals surface area contributed by atoms with E-state index in [2.05, 4.69) is 34.7 Å². The Bertz CT molecular complexity index is 650. The quantitative estimate of drug-likeness (QED) is 0.262. The van der Waals surface area contributed by atoms with Crippen LogP contribution < -0.4 is 10.6 Å². The Labute approximate surface area is 172 Å². The summed E-state index contributed by atoms with van der Waals surface area (Å²) in [6.07, 6.45) is 0.978. The van der Waals surface area contributed by atoms with Crippen LogP contribution in [0.1, 0.15) is 30.6 Å². The summed E-state index contributed by atoms with van der Waals surface area (Å²) in [5.74, 6) is 0.497. The van der Waals surface area contributed by atoms with Crippen LogP contribution in [0.2, 0.25) is 0 Å². The molecular formula is C20H27FIN3O. The topological polar surface area (TPSA) is 45.7 Å². The van der Waals surface area contributed by atoms with Gasteiger partial charge in [0, 0.05) is 26.7 Å². The van der Waals surface area contributed by atoms with E-state index >= 15 is 0 Å². The van der Waals surface area contributed by atoms with Crippen LogP contribution in [-0.4, -0.2) is 26.2 Å². The maximum atomic E-state index is 12.9. The van der Waals surface area contributed by atoms with Crippen LogP contribution in [0.25, 0.3) is 0 Å². The average Bonchev–Trinajstić information content (AvgIpc) is 2.65. The molecule has 2 N–H and O–H groups in total. The predicted molar refractivity (Wildman–Crippen MR) is 115 cm³/mol. The van der Waals surface area contributed by atoms with E-state index in [0.29, 0.717) is 13.2 Å². The molecule has 2 aromatic carbocycles. The fraction of sp³-hybridized carbons (Fsp3) is 0.350. The molecule has 0 aromatic heterocycles. The fourth-order valence-electron chi connectivity index (χ4n) is 2.37. The number of guanidine groups is 1. The van der Waals surface area contributed by atoms with Gasteiger partial charge in [-0.25, -0.2) is 4.39 Å². The minimum atomic E-state index is -0.226. The van der Waals surface area contributed by atoms with E-state index in [1.807, 2.05) is 18.2 Å². The maximum absolute atomic E-state index is 12.9. The molecule has 0 radical (unpaired) electrons. The molecule has 1 atom stereocenters. The van der Waals surface area contributed by atoms with Gasteiger partial charge in [-0.05, 0) is 36.6 Å². The zero-order chi connectivity index (χ0) is 17.9. The highest BCUT2D eigenvalue weighted by molar-refractivity contribution is 14.0. The predicted octanol–water partition coefficient (Wildman–Crippen LogP) is 4.28. The second-order valence-electron chi connectivity index (χ2n) is 5.76. The molecule has 142 valence electrons. The molecule has 0 amide bonds. The summed E-state index contributed by atoms with van der Waals surface area (Å²) in [7, 11) is 1.73. The summed E-state index contributed by atoms with van der Waals surface area (Å²) in [6.45, 7) is 4.11. The monoisotopic (exact) mass is 471 g/mol. The van der Waals surface area contributed by atoms with E-state index in [-0.39, 0.29) is 35.9 Å². The number of aliphatic imine (C=N–C) groups is 1. The Hall–Kier alpha value is -1.67. The molecule has 0 bridgehead atoms. The first-order chi connectivity index (χ1) is 12.2. The molecule has 0 saturated carbocycles. The molecule has 0 heterocycles. The van der Waals surface area contributed by atoms with E-state index in [0.717, 1.165) is 24.5 Å². The van der Waals surface area contributed by atoms with Crippen LogP contribution in [0.5, 0.6) is 0 Å². The van der Waals surface area contributed by atoms with Crippen LogP contribution in [0.3, 0.4) is 0 Å². The van der Waals surface area contributed by atoms with Crippen LogP contribution in [-0.2, 0) is 11.3 Å². The van der Waals surface area contributed by atoms with Crippen molar-refractivity contribution < 1.29 is 9.13 Å². The van der Waals surface area contributed by atoms with E-state index in [9.17, 15) is 4.39 Å². The summed E-state index contributed by atoms with van der Waals surface area (Å²) < 4.78 is 18.7. The van der Waals surface area contributed by atoms with Crippen molar-refractivity contribution in [2.24, 2.45) is 4.99 Å². The Kier molecular flexibility index (Phi) is 10.9. The molecule has 26 heavy (non-hydrogen) atoms. The SMILES string of the molecule is CN=C(NCCCOC(C)c1ccccc1)NCc1ccc(F)cc1.I. The van der Waals surface area contributed by atoms with Crippen molar-refractivity contribution in [1.82, 2.24) is 10.6 Å². The highest BCUT2D eigenvalue weighted by Crippen LogP contribution is 2.15. The lowest BCUT2D eigenvalue weighted by atomic mass is 10.1. The molecule has 6 heteroatoms. The summed E-state index contributed by atoms with van der Waals surface area (Å²) in [6, 6.07) is 16.6. The molecule has 0 spiro atoms. The lowest BCUT2D eigenvalue weighted by Gasteiger charge is -2.15. The Morgan fingerprint density at radius 2 is 1.77 bits per heavy atom. The Balaban J connectivity index is 0.00000338. The minimum Gasteiger partial charge on any atom is -0.374 e. The minimum absolute atomic E-state index is 0. The molecule has 0 aliphatic heterocycles. The Morgan fingerprint density at radius 1 is 1.08 bits per heavy atom. The van der Waals surface area contributed by atoms with Crippen LogP contribution >= 0.6 is 24.0 Å². The number of nitrogens with zero attached hydrogens (tertiary/aromatic N) is 1. The smallest absolute Gasteiger partial charge is 0.191 e. The summed E-state index contributed by atoms with van der Waals surface area (Å²) in [4.78, 5) is 4.18. The molecule has 1 unspecified atom stereocenters. The van der Waals surface area contributed by atoms with Gasteiger partial charge in [-0.15, -0.1) is 24.0 Å². The zero-order valence-electron chi connectivity index (χ0n) is 15.2. The van der Waals surface area contributed by atoms with E-state index in [1.54, 1.807) is 19.2 Å². The van der Waals surface area contributed by atoms with Gasteiger partial charge in [0.1, 0.15) is 5.82 Å². The summed E-state index contributed by atoms with van der Waals surface area (Å²) in [5, 5.41) is 6.46. The van der Waals surface area contributed by atoms with Crippen LogP contribution in [0.15, 0.2) is 59.6 Å². The third kappa shape index (κ3) is 8.14. The molecular weight excluding hydrogens is 444 g/mol. The average molecular weight is 471 g/mol. The van der Waals surface area contributed by atoms with Gasteiger partial charge in [0.05, 0.1) is 6.10 Å². The van der Waals surface area contributed by atoms with Crippen molar-refractivity contribution in [3.05, 3.63) is 71.5 Å². The maximum Gasteiger partial charge on any atom is 0.191 e. The van der Waals surface area contributed by atoms with E-state index in [1.165, 1.54) is 17.7 Å². The molecule has 4 nitrogen and oxygen atoms in total. The van der Waals surface area contributed by atoms with Gasteiger partial charge in [0.15, 0.2) is 5.96 Å². The first kappa shape index (κ1) is 22.4. The lowest BCUT2D eigenvalue weighted by Crippen LogP contribution is -2.37. The van der Waals surface area contributed by atoms with Crippen molar-refractivity contribution >= 4 is 29.9 Å². The van der Waals surface area contributed by atoms with Gasteiger partial charge in [0.25, 0.3) is 0 Å². The molecule has 0 aliphatic rings. The summed E-state index contributed by atoms with van der Waals surface area (Å²) in [5.41, 5.74) is 2.19. The molecule has 2 rings (SSSR count). The van der Waals surface area contributed by atoms with Crippen molar-refractivity contribution in [3.63, 3.8) is 0 Å². The zero-order valence-corrected chi connectivity index (χ0v) is 17.6. The van der Waals surface area contributed by atoms with E-state index < -0.39 is 0 Å². The highest BCUT2D eigenvalue weighted by Gasteiger charge is 2.04. The van der Waals surface area contributed by atoms with Gasteiger partial charge in [-0.1, -0.05) is 42.5 Å². The van der Waals surface area contributed by atoms with Gasteiger partial charge < -0.3 is 15.4 Å². The number of rotatable bonds is 8. The first-order valence-corrected chi connectivity index (χ1v) is 8.54. The molecule has 2 aromatic rings. The number of nitrogens with one attached hydrogen (secondary N) is 2. The van der Waals surface area contributed by atoms with Crippen LogP contribution in [0.4, 0.5) is 4.39 Å². The first-order valence-electron chi connectivity index (χ1n) is 8.54. The number of halogens is 2. The van der Waals surface area contributed by atoms with Gasteiger partial charge in [0.2, 0.25) is 0 Å². The number of hydrogen-bond acceptors (Lipinski definition) is 2. The molecule has 0 saturated heterocycles. The van der Waals surface area contributed by atoms with Crippen molar-refractivity contribution in [2.75, 3.05) is 20.2 Å². The van der Waals surface area contributed by atoms with Crippen molar-refractivity contribution in [2.45, 2.75) is 26.0 Å². The normalized spacial score (nSPS) is 12.2. The van der Waals surface area contributed by atoms with Gasteiger partial charge in [-0.3, -0.25) is 4.99 Å². The number of ether oxygens (including phenoxy) is 1. The second-order valence-corrected chi connectivity index (χ2v) is 5.76. The molecule has 0 aliphatic carbocycles. The largest absolute Gasteiger partial charge is 0.374 e. The van der Waals surface area contributed by atoms with Crippen molar-refractivity contribution in [3.8, 4) is 0 Å².